The van der Waals surface area contributed by atoms with E-state index in [1.54, 1.807) is 11.8 Å². The average Bonchev–Trinajstić information content (AvgIpc) is 1.84. The van der Waals surface area contributed by atoms with Crippen LogP contribution in [0.3, 0.4) is 0 Å². The van der Waals surface area contributed by atoms with Gasteiger partial charge in [-0.15, -0.1) is 0 Å². The topological polar surface area (TPSA) is 9.23 Å². The van der Waals surface area contributed by atoms with Crippen molar-refractivity contribution in [2.24, 2.45) is 0 Å². The minimum absolute atomic E-state index is 1.09. The zero-order valence-corrected chi connectivity index (χ0v) is 9.92. The molecule has 0 aromatic carbocycles. The van der Waals surface area contributed by atoms with E-state index in [4.69, 9.17) is 4.43 Å². The fraction of sp³-hybridized carbons (Fsp3) is 0.750. The molecule has 0 aromatic rings. The molecule has 66 valence electrons. The van der Waals surface area contributed by atoms with Crippen molar-refractivity contribution in [3.8, 4) is 0 Å². The lowest BCUT2D eigenvalue weighted by Crippen LogP contribution is -2.24. The van der Waals surface area contributed by atoms with E-state index in [-0.39, 0.29) is 0 Å². The molecule has 0 bridgehead atoms. The Balaban J connectivity index is 3.90. The van der Waals surface area contributed by atoms with Gasteiger partial charge in [-0.1, -0.05) is 18.7 Å². The van der Waals surface area contributed by atoms with E-state index in [0.29, 0.717) is 0 Å². The molecule has 0 aliphatic heterocycles. The van der Waals surface area contributed by atoms with Gasteiger partial charge in [0, 0.05) is 0 Å². The monoisotopic (exact) mass is 190 g/mol. The van der Waals surface area contributed by atoms with Crippen LogP contribution >= 0.6 is 11.8 Å². The van der Waals surface area contributed by atoms with Crippen LogP contribution in [0.15, 0.2) is 11.2 Å². The largest absolute Gasteiger partial charge is 0.540 e. The molecule has 0 saturated heterocycles. The molecule has 0 rings (SSSR count). The minimum atomic E-state index is -1.37. The molecule has 1 nitrogen and oxygen atoms in total. The first kappa shape index (κ1) is 11.1. The molecule has 0 aliphatic rings. The van der Waals surface area contributed by atoms with E-state index in [0.717, 1.165) is 10.8 Å². The van der Waals surface area contributed by atoms with Gasteiger partial charge in [0.2, 0.25) is 8.32 Å². The summed E-state index contributed by atoms with van der Waals surface area (Å²) in [6, 6.07) is 0. The second-order valence-electron chi connectivity index (χ2n) is 3.26. The van der Waals surface area contributed by atoms with Crippen molar-refractivity contribution in [1.29, 1.82) is 0 Å². The number of allylic oxidation sites excluding steroid dienone is 1. The summed E-state index contributed by atoms with van der Waals surface area (Å²) in [6.07, 6.45) is 2.05. The summed E-state index contributed by atoms with van der Waals surface area (Å²) in [7, 11) is -1.37. The van der Waals surface area contributed by atoms with Gasteiger partial charge in [-0.25, -0.2) is 0 Å². The van der Waals surface area contributed by atoms with E-state index in [9.17, 15) is 0 Å². The summed E-state index contributed by atoms with van der Waals surface area (Å²) >= 11 is 1.78. The fourth-order valence-corrected chi connectivity index (χ4v) is 2.77. The first-order valence-electron chi connectivity index (χ1n) is 3.97. The quantitative estimate of drug-likeness (QED) is 0.496. The van der Waals surface area contributed by atoms with Crippen LogP contribution in [0.4, 0.5) is 0 Å². The number of hydrogen-bond donors (Lipinski definition) is 0. The highest BCUT2D eigenvalue weighted by atomic mass is 32.2. The highest BCUT2D eigenvalue weighted by Crippen LogP contribution is 2.20. The maximum Gasteiger partial charge on any atom is 0.242 e. The van der Waals surface area contributed by atoms with Crippen LogP contribution < -0.4 is 0 Å². The Bertz CT molecular complexity index is 138. The van der Waals surface area contributed by atoms with Crippen molar-refractivity contribution in [1.82, 2.24) is 0 Å². The highest BCUT2D eigenvalue weighted by Gasteiger charge is 2.16. The number of hydrogen-bond acceptors (Lipinski definition) is 2. The predicted octanol–water partition coefficient (Wildman–Crippen LogP) is 3.45. The molecule has 0 atom stereocenters. The van der Waals surface area contributed by atoms with Crippen LogP contribution in [0.5, 0.6) is 0 Å². The molecular formula is C8H18OSSi. The van der Waals surface area contributed by atoms with Crippen LogP contribution in [0.2, 0.25) is 19.6 Å². The second-order valence-corrected chi connectivity index (χ2v) is 8.95. The Hall–Kier alpha value is 0.107. The average molecular weight is 190 g/mol. The lowest BCUT2D eigenvalue weighted by molar-refractivity contribution is 0.463. The molecule has 0 amide bonds. The summed E-state index contributed by atoms with van der Waals surface area (Å²) < 4.78 is 5.79. The summed E-state index contributed by atoms with van der Waals surface area (Å²) in [4.78, 5) is 0. The summed E-state index contributed by atoms with van der Waals surface area (Å²) in [5.74, 6) is 1.09. The van der Waals surface area contributed by atoms with Gasteiger partial charge in [0.15, 0.2) is 0 Å². The van der Waals surface area contributed by atoms with Gasteiger partial charge in [0.1, 0.15) is 5.09 Å². The number of rotatable bonds is 4. The Morgan fingerprint density at radius 1 is 1.45 bits per heavy atom. The zero-order chi connectivity index (χ0) is 8.91. The van der Waals surface area contributed by atoms with Crippen molar-refractivity contribution in [3.63, 3.8) is 0 Å². The third kappa shape index (κ3) is 6.50. The first-order valence-corrected chi connectivity index (χ1v) is 8.37. The highest BCUT2D eigenvalue weighted by molar-refractivity contribution is 8.02. The van der Waals surface area contributed by atoms with Gasteiger partial charge >= 0.3 is 0 Å². The van der Waals surface area contributed by atoms with Crippen molar-refractivity contribution >= 4 is 20.1 Å². The van der Waals surface area contributed by atoms with E-state index >= 15 is 0 Å². The Kier molecular flexibility index (Phi) is 4.93. The third-order valence-corrected chi connectivity index (χ3v) is 2.80. The minimum Gasteiger partial charge on any atom is -0.540 e. The van der Waals surface area contributed by atoms with Crippen LogP contribution in [0.1, 0.15) is 13.8 Å². The Labute approximate surface area is 75.3 Å². The van der Waals surface area contributed by atoms with Crippen molar-refractivity contribution in [3.05, 3.63) is 11.2 Å². The molecule has 11 heavy (non-hydrogen) atoms. The Morgan fingerprint density at radius 3 is 2.27 bits per heavy atom. The van der Waals surface area contributed by atoms with Gasteiger partial charge < -0.3 is 4.43 Å². The maximum absolute atomic E-state index is 5.79. The van der Waals surface area contributed by atoms with Crippen molar-refractivity contribution < 1.29 is 4.43 Å². The van der Waals surface area contributed by atoms with E-state index in [1.807, 2.05) is 13.0 Å². The lowest BCUT2D eigenvalue weighted by Gasteiger charge is -2.20. The van der Waals surface area contributed by atoms with Gasteiger partial charge in [-0.2, -0.15) is 0 Å². The summed E-state index contributed by atoms with van der Waals surface area (Å²) in [6.45, 7) is 10.8. The molecule has 3 heteroatoms. The summed E-state index contributed by atoms with van der Waals surface area (Å²) in [5.41, 5.74) is 0. The smallest absolute Gasteiger partial charge is 0.242 e. The van der Waals surface area contributed by atoms with Crippen LogP contribution in [-0.2, 0) is 4.43 Å². The standard InChI is InChI=1S/C8H18OSSi/c1-6-8(10-7-2)9-11(3,4)5/h6H,7H2,1-5H3. The van der Waals surface area contributed by atoms with Gasteiger partial charge in [-0.05, 0) is 38.4 Å². The molecule has 0 aromatic heterocycles. The molecule has 0 N–H and O–H groups in total. The molecular weight excluding hydrogens is 172 g/mol. The van der Waals surface area contributed by atoms with Crippen LogP contribution in [0.25, 0.3) is 0 Å². The number of thioether (sulfide) groups is 1. The normalized spacial score (nSPS) is 13.4. The molecule has 0 saturated carbocycles. The Morgan fingerprint density at radius 2 is 2.00 bits per heavy atom. The molecule has 0 aliphatic carbocycles. The molecule has 0 fully saturated rings. The van der Waals surface area contributed by atoms with Crippen LogP contribution in [0, 0.1) is 0 Å². The van der Waals surface area contributed by atoms with E-state index < -0.39 is 8.32 Å². The summed E-state index contributed by atoms with van der Waals surface area (Å²) in [5, 5.41) is 1.09. The predicted molar refractivity (Wildman–Crippen MR) is 56.3 cm³/mol. The second kappa shape index (κ2) is 4.88. The van der Waals surface area contributed by atoms with Crippen molar-refractivity contribution in [2.75, 3.05) is 5.75 Å². The van der Waals surface area contributed by atoms with Gasteiger partial charge in [-0.3, -0.25) is 0 Å². The zero-order valence-electron chi connectivity index (χ0n) is 8.10. The lowest BCUT2D eigenvalue weighted by atomic mass is 10.7. The third-order valence-electron chi connectivity index (χ3n) is 0.929. The van der Waals surface area contributed by atoms with E-state index in [1.165, 1.54) is 0 Å². The van der Waals surface area contributed by atoms with Gasteiger partial charge in [0.05, 0.1) is 0 Å². The van der Waals surface area contributed by atoms with Crippen molar-refractivity contribution in [2.45, 2.75) is 33.5 Å². The SMILES string of the molecule is CC=C(O[Si](C)(C)C)SCC. The molecule has 0 radical (unpaired) electrons. The van der Waals surface area contributed by atoms with E-state index in [2.05, 4.69) is 26.6 Å². The maximum atomic E-state index is 5.79. The molecule has 0 spiro atoms. The van der Waals surface area contributed by atoms with Crippen LogP contribution in [-0.4, -0.2) is 14.1 Å². The molecule has 0 unspecified atom stereocenters. The molecule has 0 heterocycles. The first-order chi connectivity index (χ1) is 4.99. The van der Waals surface area contributed by atoms with Gasteiger partial charge in [0.25, 0.3) is 0 Å². The fourth-order valence-electron chi connectivity index (χ4n) is 0.616.